The van der Waals surface area contributed by atoms with Crippen molar-refractivity contribution >= 4 is 10.0 Å². The van der Waals surface area contributed by atoms with E-state index in [1.165, 1.54) is 12.8 Å². The standard InChI is InChI=1S/C15H24N2O3S/c1-2-14-6-5-13(12-18)11-15(14)21(19,20)16-7-10-17-8-3-4-9-17/h5-6,11,16,18H,2-4,7-10,12H2,1H3. The zero-order valence-electron chi connectivity index (χ0n) is 12.5. The quantitative estimate of drug-likeness (QED) is 0.791. The number of nitrogens with zero attached hydrogens (tertiary/aromatic N) is 1. The topological polar surface area (TPSA) is 69.6 Å². The van der Waals surface area contributed by atoms with Gasteiger partial charge < -0.3 is 10.0 Å². The van der Waals surface area contributed by atoms with Crippen LogP contribution in [0, 0.1) is 0 Å². The molecule has 1 aliphatic rings. The predicted octanol–water partition coefficient (Wildman–Crippen LogP) is 1.12. The Morgan fingerprint density at radius 1 is 1.29 bits per heavy atom. The summed E-state index contributed by atoms with van der Waals surface area (Å²) in [6.07, 6.45) is 3.05. The highest BCUT2D eigenvalue weighted by molar-refractivity contribution is 7.89. The molecule has 0 atom stereocenters. The molecule has 5 nitrogen and oxygen atoms in total. The molecule has 2 N–H and O–H groups in total. The van der Waals surface area contributed by atoms with Crippen molar-refractivity contribution in [3.05, 3.63) is 29.3 Å². The van der Waals surface area contributed by atoms with Crippen molar-refractivity contribution in [3.8, 4) is 0 Å². The fourth-order valence-electron chi connectivity index (χ4n) is 2.66. The molecule has 21 heavy (non-hydrogen) atoms. The van der Waals surface area contributed by atoms with Gasteiger partial charge in [-0.15, -0.1) is 0 Å². The number of likely N-dealkylation sites (tertiary alicyclic amines) is 1. The molecule has 2 rings (SSSR count). The van der Waals surface area contributed by atoms with E-state index in [-0.39, 0.29) is 11.5 Å². The fourth-order valence-corrected chi connectivity index (χ4v) is 4.04. The minimum atomic E-state index is -3.52. The lowest BCUT2D eigenvalue weighted by Crippen LogP contribution is -2.33. The molecule has 1 heterocycles. The lowest BCUT2D eigenvalue weighted by atomic mass is 10.1. The van der Waals surface area contributed by atoms with E-state index in [0.717, 1.165) is 25.2 Å². The molecule has 0 unspecified atom stereocenters. The smallest absolute Gasteiger partial charge is 0.240 e. The molecular formula is C15H24N2O3S. The van der Waals surface area contributed by atoms with Gasteiger partial charge in [0.25, 0.3) is 0 Å². The first-order valence-electron chi connectivity index (χ1n) is 7.51. The molecule has 0 aliphatic carbocycles. The Morgan fingerprint density at radius 3 is 2.62 bits per heavy atom. The maximum atomic E-state index is 12.4. The van der Waals surface area contributed by atoms with Crippen LogP contribution < -0.4 is 4.72 Å². The molecule has 0 bridgehead atoms. The molecule has 0 aromatic heterocycles. The van der Waals surface area contributed by atoms with E-state index in [0.29, 0.717) is 18.5 Å². The number of hydrogen-bond acceptors (Lipinski definition) is 4. The van der Waals surface area contributed by atoms with Gasteiger partial charge in [0.2, 0.25) is 10.0 Å². The number of nitrogens with one attached hydrogen (secondary N) is 1. The predicted molar refractivity (Wildman–Crippen MR) is 82.6 cm³/mol. The number of aliphatic hydroxyl groups is 1. The molecule has 0 amide bonds. The molecule has 0 radical (unpaired) electrons. The number of aryl methyl sites for hydroxylation is 1. The zero-order valence-corrected chi connectivity index (χ0v) is 13.3. The Morgan fingerprint density at radius 2 is 2.00 bits per heavy atom. The third kappa shape index (κ3) is 4.26. The Kier molecular flexibility index (Phi) is 5.75. The van der Waals surface area contributed by atoms with Gasteiger partial charge in [-0.25, -0.2) is 13.1 Å². The Bertz CT molecular complexity index is 566. The van der Waals surface area contributed by atoms with Crippen LogP contribution in [0.2, 0.25) is 0 Å². The van der Waals surface area contributed by atoms with Crippen molar-refractivity contribution in [2.45, 2.75) is 37.7 Å². The van der Waals surface area contributed by atoms with E-state index in [1.807, 2.05) is 6.92 Å². The lowest BCUT2D eigenvalue weighted by molar-refractivity contribution is 0.281. The van der Waals surface area contributed by atoms with E-state index in [1.54, 1.807) is 18.2 Å². The molecule has 0 spiro atoms. The van der Waals surface area contributed by atoms with Crippen molar-refractivity contribution in [2.24, 2.45) is 0 Å². The van der Waals surface area contributed by atoms with Crippen LogP contribution in [0.3, 0.4) is 0 Å². The Hall–Kier alpha value is -0.950. The van der Waals surface area contributed by atoms with Crippen molar-refractivity contribution in [3.63, 3.8) is 0 Å². The van der Waals surface area contributed by atoms with Crippen LogP contribution in [0.5, 0.6) is 0 Å². The minimum absolute atomic E-state index is 0.152. The summed E-state index contributed by atoms with van der Waals surface area (Å²) in [7, 11) is -3.52. The first-order valence-corrected chi connectivity index (χ1v) is 9.00. The summed E-state index contributed by atoms with van der Waals surface area (Å²) in [5, 5.41) is 9.19. The average molecular weight is 312 g/mol. The highest BCUT2D eigenvalue weighted by atomic mass is 32.2. The number of rotatable bonds is 7. The zero-order chi connectivity index (χ0) is 15.3. The van der Waals surface area contributed by atoms with Crippen LogP contribution in [0.1, 0.15) is 30.9 Å². The normalized spacial score (nSPS) is 16.5. The molecule has 1 saturated heterocycles. The van der Waals surface area contributed by atoms with Gasteiger partial charge in [-0.3, -0.25) is 0 Å². The molecule has 1 aliphatic heterocycles. The van der Waals surface area contributed by atoms with Crippen molar-refractivity contribution in [1.29, 1.82) is 0 Å². The van der Waals surface area contributed by atoms with E-state index >= 15 is 0 Å². The van der Waals surface area contributed by atoms with Gasteiger partial charge in [0.05, 0.1) is 11.5 Å². The molecule has 1 aromatic carbocycles. The van der Waals surface area contributed by atoms with Gasteiger partial charge in [-0.2, -0.15) is 0 Å². The third-order valence-corrected chi connectivity index (χ3v) is 5.45. The van der Waals surface area contributed by atoms with Crippen molar-refractivity contribution in [1.82, 2.24) is 9.62 Å². The van der Waals surface area contributed by atoms with Crippen molar-refractivity contribution in [2.75, 3.05) is 26.2 Å². The van der Waals surface area contributed by atoms with Crippen LogP contribution in [0.4, 0.5) is 0 Å². The van der Waals surface area contributed by atoms with Crippen LogP contribution in [-0.2, 0) is 23.1 Å². The van der Waals surface area contributed by atoms with Gasteiger partial charge in [0.15, 0.2) is 0 Å². The van der Waals surface area contributed by atoms with Gasteiger partial charge in [0, 0.05) is 13.1 Å². The maximum Gasteiger partial charge on any atom is 0.240 e. The maximum absolute atomic E-state index is 12.4. The highest BCUT2D eigenvalue weighted by Crippen LogP contribution is 2.18. The van der Waals surface area contributed by atoms with E-state index in [2.05, 4.69) is 9.62 Å². The van der Waals surface area contributed by atoms with Crippen LogP contribution in [-0.4, -0.2) is 44.6 Å². The Balaban J connectivity index is 2.06. The van der Waals surface area contributed by atoms with Gasteiger partial charge in [-0.1, -0.05) is 19.1 Å². The second kappa shape index (κ2) is 7.35. The summed E-state index contributed by atoms with van der Waals surface area (Å²) in [4.78, 5) is 2.56. The number of benzene rings is 1. The summed E-state index contributed by atoms with van der Waals surface area (Å²) in [6, 6.07) is 5.11. The van der Waals surface area contributed by atoms with Crippen LogP contribution in [0.25, 0.3) is 0 Å². The minimum Gasteiger partial charge on any atom is -0.392 e. The summed E-state index contributed by atoms with van der Waals surface area (Å²) >= 11 is 0. The Labute approximate surface area is 127 Å². The molecule has 118 valence electrons. The summed E-state index contributed by atoms with van der Waals surface area (Å²) < 4.78 is 27.6. The molecule has 1 fully saturated rings. The first kappa shape index (κ1) is 16.4. The first-order chi connectivity index (χ1) is 10.1. The largest absolute Gasteiger partial charge is 0.392 e. The van der Waals surface area contributed by atoms with Gasteiger partial charge in [0.1, 0.15) is 0 Å². The van der Waals surface area contributed by atoms with Crippen LogP contribution in [0.15, 0.2) is 23.1 Å². The SMILES string of the molecule is CCc1ccc(CO)cc1S(=O)(=O)NCCN1CCCC1. The van der Waals surface area contributed by atoms with E-state index in [9.17, 15) is 13.5 Å². The third-order valence-electron chi connectivity index (χ3n) is 3.90. The molecule has 0 saturated carbocycles. The monoisotopic (exact) mass is 312 g/mol. The van der Waals surface area contributed by atoms with E-state index in [4.69, 9.17) is 0 Å². The fraction of sp³-hybridized carbons (Fsp3) is 0.600. The summed E-state index contributed by atoms with van der Waals surface area (Å²) in [5.74, 6) is 0. The van der Waals surface area contributed by atoms with E-state index < -0.39 is 10.0 Å². The number of aliphatic hydroxyl groups excluding tert-OH is 1. The molecular weight excluding hydrogens is 288 g/mol. The van der Waals surface area contributed by atoms with Crippen molar-refractivity contribution < 1.29 is 13.5 Å². The van der Waals surface area contributed by atoms with Gasteiger partial charge >= 0.3 is 0 Å². The second-order valence-electron chi connectivity index (χ2n) is 5.40. The number of sulfonamides is 1. The van der Waals surface area contributed by atoms with Gasteiger partial charge in [-0.05, 0) is 49.5 Å². The lowest BCUT2D eigenvalue weighted by Gasteiger charge is -2.16. The summed E-state index contributed by atoms with van der Waals surface area (Å²) in [6.45, 7) is 5.07. The highest BCUT2D eigenvalue weighted by Gasteiger charge is 2.19. The summed E-state index contributed by atoms with van der Waals surface area (Å²) in [5.41, 5.74) is 1.40. The second-order valence-corrected chi connectivity index (χ2v) is 7.14. The molecule has 1 aromatic rings. The average Bonchev–Trinajstić information content (AvgIpc) is 2.99. The number of hydrogen-bond donors (Lipinski definition) is 2. The molecule has 6 heteroatoms. The van der Waals surface area contributed by atoms with Crippen LogP contribution >= 0.6 is 0 Å².